The van der Waals surface area contributed by atoms with E-state index in [1.54, 1.807) is 12.1 Å². The van der Waals surface area contributed by atoms with Gasteiger partial charge >= 0.3 is 18.9 Å². The molecule has 2 rings (SSSR count). The number of fused-ring (bicyclic) bond motifs is 1. The Balaban J connectivity index is 0.00000200. The minimum Gasteiger partial charge on any atom is -0.799 e. The molecular weight excluding hydrogens is 293 g/mol. The molecule has 1 aromatic carbocycles. The van der Waals surface area contributed by atoms with Gasteiger partial charge in [-0.3, -0.25) is 17.5 Å². The van der Waals surface area contributed by atoms with Crippen LogP contribution in [-0.2, 0) is 9.22 Å². The van der Waals surface area contributed by atoms with Gasteiger partial charge in [0.1, 0.15) is 5.84 Å². The molecule has 0 radical (unpaired) electrons. The summed E-state index contributed by atoms with van der Waals surface area (Å²) in [4.78, 5) is 9.60. The second kappa shape index (κ2) is 8.74. The summed E-state index contributed by atoms with van der Waals surface area (Å²) in [6, 6.07) is 5.40. The molecule has 0 atom stereocenters. The van der Waals surface area contributed by atoms with E-state index < -0.39 is 0 Å². The number of hydrogen-bond donors (Lipinski definition) is 2. The molecule has 9 heteroatoms. The van der Waals surface area contributed by atoms with Gasteiger partial charge in [0.25, 0.3) is 0 Å². The molecule has 102 valence electrons. The second-order valence-corrected chi connectivity index (χ2v) is 5.12. The van der Waals surface area contributed by atoms with E-state index in [0.29, 0.717) is 42.2 Å². The largest absolute Gasteiger partial charge is 1.00 e. The summed E-state index contributed by atoms with van der Waals surface area (Å²) in [5, 5.41) is 7.67. The van der Waals surface area contributed by atoms with Crippen LogP contribution in [0.25, 0.3) is 0 Å². The van der Waals surface area contributed by atoms with Crippen molar-refractivity contribution < 1.29 is 32.6 Å². The van der Waals surface area contributed by atoms with Crippen LogP contribution in [0.2, 0.25) is 0 Å². The van der Waals surface area contributed by atoms with Crippen LogP contribution in [0.4, 0.5) is 0 Å². The van der Waals surface area contributed by atoms with E-state index in [-0.39, 0.29) is 24.7 Å². The van der Waals surface area contributed by atoms with Crippen molar-refractivity contribution in [2.24, 2.45) is 10.7 Å². The van der Waals surface area contributed by atoms with Crippen molar-refractivity contribution in [3.05, 3.63) is 29.3 Å². The Hall–Kier alpha value is -0.463. The zero-order chi connectivity index (χ0) is 13.7. The Labute approximate surface area is 137 Å². The molecule has 0 fully saturated rings. The molecule has 0 aliphatic carbocycles. The molecule has 0 spiro atoms. The average molecular weight is 305 g/mol. The number of nitrogens with one attached hydrogen (secondary N) is 1. The molecule has 0 saturated heterocycles. The summed E-state index contributed by atoms with van der Waals surface area (Å²) in [6.45, 7) is 0.374. The first-order valence-electron chi connectivity index (χ1n) is 5.51. The normalized spacial score (nSPS) is 12.8. The maximum absolute atomic E-state index is 10.1. The standard InChI is InChI=1S/C11H13N3O3S2.Li/c12-10-8-3-2-7(6-9(8)11(13)14-10)19-17-16-4-1-5-18-15;/h2-3,6,15H,1,4-5H2,(H3,12,13,14);/q;+1/p-1. The van der Waals surface area contributed by atoms with Gasteiger partial charge < -0.3 is 10.3 Å². The molecule has 0 aromatic heterocycles. The van der Waals surface area contributed by atoms with E-state index in [0.717, 1.165) is 22.5 Å². The summed E-state index contributed by atoms with van der Waals surface area (Å²) < 4.78 is 15.1. The van der Waals surface area contributed by atoms with E-state index in [9.17, 15) is 4.55 Å². The third-order valence-electron chi connectivity index (χ3n) is 2.39. The Morgan fingerprint density at radius 3 is 2.90 bits per heavy atom. The van der Waals surface area contributed by atoms with Gasteiger partial charge in [0.05, 0.1) is 18.6 Å². The quantitative estimate of drug-likeness (QED) is 0.219. The molecule has 1 aromatic rings. The summed E-state index contributed by atoms with van der Waals surface area (Å²) in [5.41, 5.74) is 7.13. The van der Waals surface area contributed by atoms with E-state index in [2.05, 4.69) is 4.99 Å². The topological polar surface area (TPSA) is 104 Å². The summed E-state index contributed by atoms with van der Waals surface area (Å²) in [6.07, 6.45) is 0.647. The van der Waals surface area contributed by atoms with Crippen molar-refractivity contribution in [1.82, 2.24) is 0 Å². The van der Waals surface area contributed by atoms with Gasteiger partial charge in [-0.2, -0.15) is 4.33 Å². The van der Waals surface area contributed by atoms with Crippen LogP contribution < -0.4 is 24.6 Å². The fourth-order valence-electron chi connectivity index (χ4n) is 1.51. The first-order valence-corrected chi connectivity index (χ1v) is 7.16. The van der Waals surface area contributed by atoms with E-state index in [4.69, 9.17) is 20.4 Å². The van der Waals surface area contributed by atoms with Crippen LogP contribution in [-0.4, -0.2) is 28.6 Å². The fourth-order valence-corrected chi connectivity index (χ4v) is 2.23. The van der Waals surface area contributed by atoms with Crippen molar-refractivity contribution in [3.63, 3.8) is 0 Å². The third-order valence-corrected chi connectivity index (χ3v) is 3.45. The van der Waals surface area contributed by atoms with Gasteiger partial charge in [-0.15, -0.1) is 0 Å². The number of benzene rings is 1. The predicted molar refractivity (Wildman–Crippen MR) is 74.7 cm³/mol. The molecule has 6 nitrogen and oxygen atoms in total. The van der Waals surface area contributed by atoms with Crippen LogP contribution in [0, 0.1) is 5.41 Å². The van der Waals surface area contributed by atoms with Crippen molar-refractivity contribution in [2.75, 3.05) is 12.4 Å². The molecule has 0 saturated carbocycles. The first kappa shape index (κ1) is 17.6. The predicted octanol–water partition coefficient (Wildman–Crippen LogP) is -1.06. The number of aliphatic imine (C=N–C) groups is 1. The Bertz CT molecular complexity index is 514. The van der Waals surface area contributed by atoms with Crippen LogP contribution in [0.5, 0.6) is 0 Å². The van der Waals surface area contributed by atoms with E-state index in [1.807, 2.05) is 6.07 Å². The molecular formula is C11H12LiN3O3S2. The van der Waals surface area contributed by atoms with Gasteiger partial charge in [0.15, 0.2) is 5.84 Å². The minimum atomic E-state index is 0. The fraction of sp³-hybridized carbons (Fsp3) is 0.273. The molecule has 20 heavy (non-hydrogen) atoms. The van der Waals surface area contributed by atoms with Gasteiger partial charge in [0, 0.05) is 16.0 Å². The number of nitrogens with two attached hydrogens (primary N) is 1. The smallest absolute Gasteiger partial charge is 0.799 e. The van der Waals surface area contributed by atoms with Crippen LogP contribution in [0.3, 0.4) is 0 Å². The maximum atomic E-state index is 10.1. The van der Waals surface area contributed by atoms with Gasteiger partial charge in [-0.05, 0) is 30.4 Å². The summed E-state index contributed by atoms with van der Waals surface area (Å²) in [5.74, 6) is 1.02. The average Bonchev–Trinajstić information content (AvgIpc) is 2.69. The monoisotopic (exact) mass is 305 g/mol. The molecule has 0 bridgehead atoms. The zero-order valence-corrected chi connectivity index (χ0v) is 12.6. The molecule has 1 aliphatic heterocycles. The van der Waals surface area contributed by atoms with Gasteiger partial charge in [0.2, 0.25) is 0 Å². The summed E-state index contributed by atoms with van der Waals surface area (Å²) in [7, 11) is 0. The SMILES string of the molecule is N=C1N=C(N)c2ccc(SOOCCCS[O-])cc21.[Li+]. The number of amidine groups is 2. The van der Waals surface area contributed by atoms with Crippen LogP contribution >= 0.6 is 24.1 Å². The summed E-state index contributed by atoms with van der Waals surface area (Å²) >= 11 is 1.58. The van der Waals surface area contributed by atoms with E-state index >= 15 is 0 Å². The number of rotatable bonds is 7. The van der Waals surface area contributed by atoms with Crippen molar-refractivity contribution in [3.8, 4) is 0 Å². The van der Waals surface area contributed by atoms with Gasteiger partial charge in [-0.1, -0.05) is 0 Å². The second-order valence-electron chi connectivity index (χ2n) is 3.70. The van der Waals surface area contributed by atoms with Crippen molar-refractivity contribution in [2.45, 2.75) is 11.3 Å². The Morgan fingerprint density at radius 1 is 1.35 bits per heavy atom. The molecule has 1 aliphatic rings. The minimum absolute atomic E-state index is 0. The molecule has 3 N–H and O–H groups in total. The number of hydrogen-bond acceptors (Lipinski definition) is 7. The van der Waals surface area contributed by atoms with E-state index in [1.165, 1.54) is 0 Å². The van der Waals surface area contributed by atoms with Crippen LogP contribution in [0.15, 0.2) is 28.1 Å². The van der Waals surface area contributed by atoms with Crippen molar-refractivity contribution in [1.29, 1.82) is 5.41 Å². The number of nitrogens with zero attached hydrogens (tertiary/aromatic N) is 1. The van der Waals surface area contributed by atoms with Crippen molar-refractivity contribution >= 4 is 35.8 Å². The van der Waals surface area contributed by atoms with Gasteiger partial charge in [-0.25, -0.2) is 9.88 Å². The molecule has 0 amide bonds. The Morgan fingerprint density at radius 2 is 2.15 bits per heavy atom. The Kier molecular flexibility index (Phi) is 7.69. The molecule has 0 unspecified atom stereocenters. The third kappa shape index (κ3) is 4.53. The zero-order valence-electron chi connectivity index (χ0n) is 10.9. The maximum Gasteiger partial charge on any atom is 1.00 e. The first-order chi connectivity index (χ1) is 9.22. The molecule has 1 heterocycles. The van der Waals surface area contributed by atoms with Crippen LogP contribution in [0.1, 0.15) is 17.5 Å².